The normalized spacial score (nSPS) is 10.5. The number of nitrogens with zero attached hydrogens (tertiary/aromatic N) is 1. The molecule has 0 heterocycles. The topological polar surface area (TPSA) is 78.7 Å². The Morgan fingerprint density at radius 3 is 2.26 bits per heavy atom. The maximum atomic E-state index is 12.1. The maximum absolute atomic E-state index is 12.1. The van der Waals surface area contributed by atoms with Crippen molar-refractivity contribution in [1.82, 2.24) is 0 Å². The highest BCUT2D eigenvalue weighted by Crippen LogP contribution is 2.28. The van der Waals surface area contributed by atoms with Gasteiger partial charge in [-0.1, -0.05) is 12.1 Å². The first-order valence-corrected chi connectivity index (χ1v) is 6.74. The fourth-order valence-electron chi connectivity index (χ4n) is 1.97. The van der Waals surface area contributed by atoms with Crippen LogP contribution >= 0.6 is 0 Å². The molecule has 0 aliphatic carbocycles. The third kappa shape index (κ3) is 3.94. The van der Waals surface area contributed by atoms with Gasteiger partial charge in [0.05, 0.1) is 19.1 Å². The molecule has 0 N–H and O–H groups in total. The molecule has 23 heavy (non-hydrogen) atoms. The van der Waals surface area contributed by atoms with E-state index in [2.05, 4.69) is 0 Å². The van der Waals surface area contributed by atoms with Crippen molar-refractivity contribution in [2.24, 2.45) is 0 Å². The summed E-state index contributed by atoms with van der Waals surface area (Å²) < 4.78 is 10.3. The standard InChI is InChI=1S/C17H15NO5/c1-22-16-10-4-12(11-17(16)23-2)3-9-15(19)13-5-7-14(8-6-13)18(20)21/h3-11H,1-2H3/b9-3-. The molecule has 6 nitrogen and oxygen atoms in total. The molecule has 6 heteroatoms. The second kappa shape index (κ2) is 7.22. The predicted molar refractivity (Wildman–Crippen MR) is 86.0 cm³/mol. The monoisotopic (exact) mass is 313 g/mol. The first kappa shape index (κ1) is 16.2. The lowest BCUT2D eigenvalue weighted by molar-refractivity contribution is -0.384. The van der Waals surface area contributed by atoms with Gasteiger partial charge in [-0.3, -0.25) is 14.9 Å². The van der Waals surface area contributed by atoms with Crippen LogP contribution in [-0.2, 0) is 0 Å². The molecule has 0 amide bonds. The fourth-order valence-corrected chi connectivity index (χ4v) is 1.97. The lowest BCUT2D eigenvalue weighted by Gasteiger charge is -2.07. The average molecular weight is 313 g/mol. The van der Waals surface area contributed by atoms with Crippen LogP contribution in [0.3, 0.4) is 0 Å². The van der Waals surface area contributed by atoms with Crippen LogP contribution in [-0.4, -0.2) is 24.9 Å². The first-order chi connectivity index (χ1) is 11.0. The van der Waals surface area contributed by atoms with Crippen molar-refractivity contribution < 1.29 is 19.2 Å². The number of ketones is 1. The van der Waals surface area contributed by atoms with E-state index >= 15 is 0 Å². The summed E-state index contributed by atoms with van der Waals surface area (Å²) in [5, 5.41) is 10.6. The van der Waals surface area contributed by atoms with E-state index in [9.17, 15) is 14.9 Å². The molecule has 2 aromatic carbocycles. The molecular weight excluding hydrogens is 298 g/mol. The number of nitro groups is 1. The van der Waals surface area contributed by atoms with Gasteiger partial charge in [-0.15, -0.1) is 0 Å². The average Bonchev–Trinajstić information content (AvgIpc) is 2.59. The number of hydrogen-bond acceptors (Lipinski definition) is 5. The number of allylic oxidation sites excluding steroid dienone is 1. The Kier molecular flexibility index (Phi) is 5.09. The predicted octanol–water partition coefficient (Wildman–Crippen LogP) is 3.51. The van der Waals surface area contributed by atoms with Crippen LogP contribution in [0, 0.1) is 10.1 Å². The summed E-state index contributed by atoms with van der Waals surface area (Å²) in [7, 11) is 3.08. The molecule has 0 aliphatic rings. The van der Waals surface area contributed by atoms with E-state index in [0.29, 0.717) is 17.1 Å². The highest BCUT2D eigenvalue weighted by molar-refractivity contribution is 6.06. The summed E-state index contributed by atoms with van der Waals surface area (Å²) >= 11 is 0. The van der Waals surface area contributed by atoms with Crippen molar-refractivity contribution in [3.63, 3.8) is 0 Å². The molecule has 0 spiro atoms. The minimum absolute atomic E-state index is 0.0505. The van der Waals surface area contributed by atoms with E-state index in [-0.39, 0.29) is 11.5 Å². The number of carbonyl (C=O) groups excluding carboxylic acids is 1. The quantitative estimate of drug-likeness (QED) is 0.353. The molecule has 0 atom stereocenters. The molecule has 0 fully saturated rings. The van der Waals surface area contributed by atoms with Gasteiger partial charge in [0.1, 0.15) is 0 Å². The van der Waals surface area contributed by atoms with E-state index in [1.165, 1.54) is 37.5 Å². The molecular formula is C17H15NO5. The number of methoxy groups -OCH3 is 2. The third-order valence-electron chi connectivity index (χ3n) is 3.20. The van der Waals surface area contributed by atoms with Gasteiger partial charge in [0.25, 0.3) is 5.69 Å². The zero-order valence-electron chi connectivity index (χ0n) is 12.7. The maximum Gasteiger partial charge on any atom is 0.269 e. The number of hydrogen-bond donors (Lipinski definition) is 0. The van der Waals surface area contributed by atoms with Gasteiger partial charge in [0.2, 0.25) is 0 Å². The number of benzene rings is 2. The molecule has 0 aliphatic heterocycles. The lowest BCUT2D eigenvalue weighted by Crippen LogP contribution is -1.95. The van der Waals surface area contributed by atoms with Crippen molar-refractivity contribution in [1.29, 1.82) is 0 Å². The number of non-ortho nitro benzene ring substituents is 1. The van der Waals surface area contributed by atoms with Gasteiger partial charge in [-0.25, -0.2) is 0 Å². The Morgan fingerprint density at radius 2 is 1.70 bits per heavy atom. The second-order valence-corrected chi connectivity index (χ2v) is 4.62. The van der Waals surface area contributed by atoms with Crippen molar-refractivity contribution in [3.05, 3.63) is 69.8 Å². The first-order valence-electron chi connectivity index (χ1n) is 6.74. The second-order valence-electron chi connectivity index (χ2n) is 4.62. The molecule has 0 saturated carbocycles. The molecule has 0 bridgehead atoms. The summed E-state index contributed by atoms with van der Waals surface area (Å²) in [6.45, 7) is 0. The molecule has 2 aromatic rings. The van der Waals surface area contributed by atoms with Crippen LogP contribution in [0.2, 0.25) is 0 Å². The zero-order chi connectivity index (χ0) is 16.8. The molecule has 0 radical (unpaired) electrons. The molecule has 118 valence electrons. The molecule has 0 aromatic heterocycles. The lowest BCUT2D eigenvalue weighted by atomic mass is 10.1. The Labute approximate surface area is 133 Å². The van der Waals surface area contributed by atoms with Gasteiger partial charge in [-0.2, -0.15) is 0 Å². The van der Waals surface area contributed by atoms with E-state index in [1.807, 2.05) is 0 Å². The SMILES string of the molecule is COc1ccc(/C=C\C(=O)c2ccc([N+](=O)[O-])cc2)cc1OC. The number of rotatable bonds is 6. The summed E-state index contributed by atoms with van der Waals surface area (Å²) in [5.41, 5.74) is 1.11. The number of nitro benzene ring substituents is 1. The zero-order valence-corrected chi connectivity index (χ0v) is 12.7. The van der Waals surface area contributed by atoms with Crippen molar-refractivity contribution in [2.75, 3.05) is 14.2 Å². The van der Waals surface area contributed by atoms with Crippen LogP contribution in [0.5, 0.6) is 11.5 Å². The van der Waals surface area contributed by atoms with E-state index < -0.39 is 4.92 Å². The molecule has 0 unspecified atom stereocenters. The highest BCUT2D eigenvalue weighted by Gasteiger charge is 2.07. The van der Waals surface area contributed by atoms with Crippen LogP contribution in [0.15, 0.2) is 48.5 Å². The fraction of sp³-hybridized carbons (Fsp3) is 0.118. The third-order valence-corrected chi connectivity index (χ3v) is 3.20. The number of carbonyl (C=O) groups is 1. The van der Waals surface area contributed by atoms with Gasteiger partial charge >= 0.3 is 0 Å². The van der Waals surface area contributed by atoms with Crippen molar-refractivity contribution in [3.8, 4) is 11.5 Å². The number of ether oxygens (including phenoxy) is 2. The Morgan fingerprint density at radius 1 is 1.04 bits per heavy atom. The van der Waals surface area contributed by atoms with Gasteiger partial charge in [0, 0.05) is 17.7 Å². The minimum atomic E-state index is -0.506. The summed E-state index contributed by atoms with van der Waals surface area (Å²) in [6.07, 6.45) is 3.05. The Balaban J connectivity index is 2.16. The van der Waals surface area contributed by atoms with Crippen LogP contribution in [0.4, 0.5) is 5.69 Å². The van der Waals surface area contributed by atoms with Gasteiger partial charge < -0.3 is 9.47 Å². The van der Waals surface area contributed by atoms with E-state index in [4.69, 9.17) is 9.47 Å². The Bertz CT molecular complexity index is 750. The van der Waals surface area contributed by atoms with Crippen LogP contribution in [0.25, 0.3) is 6.08 Å². The smallest absolute Gasteiger partial charge is 0.269 e. The minimum Gasteiger partial charge on any atom is -0.493 e. The summed E-state index contributed by atoms with van der Waals surface area (Å²) in [5.74, 6) is 0.929. The van der Waals surface area contributed by atoms with Crippen LogP contribution < -0.4 is 9.47 Å². The van der Waals surface area contributed by atoms with Crippen LogP contribution in [0.1, 0.15) is 15.9 Å². The van der Waals surface area contributed by atoms with E-state index in [1.54, 1.807) is 31.4 Å². The van der Waals surface area contributed by atoms with Crippen molar-refractivity contribution in [2.45, 2.75) is 0 Å². The van der Waals surface area contributed by atoms with Gasteiger partial charge in [-0.05, 0) is 35.9 Å². The summed E-state index contributed by atoms with van der Waals surface area (Å²) in [4.78, 5) is 22.1. The highest BCUT2D eigenvalue weighted by atomic mass is 16.6. The van der Waals surface area contributed by atoms with Crippen molar-refractivity contribution >= 4 is 17.5 Å². The summed E-state index contributed by atoms with van der Waals surface area (Å²) in [6, 6.07) is 10.8. The van der Waals surface area contributed by atoms with Gasteiger partial charge in [0.15, 0.2) is 17.3 Å². The largest absolute Gasteiger partial charge is 0.493 e. The Hall–Kier alpha value is -3.15. The van der Waals surface area contributed by atoms with E-state index in [0.717, 1.165) is 5.56 Å². The molecule has 0 saturated heterocycles. The molecule has 2 rings (SSSR count).